The van der Waals surface area contributed by atoms with Gasteiger partial charge < -0.3 is 10.2 Å². The van der Waals surface area contributed by atoms with Crippen molar-refractivity contribution in [3.8, 4) is 0 Å². The molecule has 0 heterocycles. The highest BCUT2D eigenvalue weighted by Gasteiger charge is 2.29. The standard InChI is InChI=1S/C8H12.CH2O3/c1-6-4-7-2-3-8(6)5-7;2-1(3)4/h4,7-8H,2-3,5H2,1H3;(H2,2,3,4). The minimum absolute atomic E-state index is 0.986. The maximum Gasteiger partial charge on any atom is 0.503 e. The molecule has 0 spiro atoms. The Morgan fingerprint density at radius 3 is 2.25 bits per heavy atom. The van der Waals surface area contributed by atoms with Gasteiger partial charge in [-0.3, -0.25) is 0 Å². The predicted octanol–water partition coefficient (Wildman–Crippen LogP) is 2.58. The smallest absolute Gasteiger partial charge is 0.450 e. The van der Waals surface area contributed by atoms with Gasteiger partial charge in [-0.15, -0.1) is 0 Å². The maximum atomic E-state index is 8.56. The molecule has 0 saturated heterocycles. The maximum absolute atomic E-state index is 8.56. The zero-order chi connectivity index (χ0) is 9.14. The van der Waals surface area contributed by atoms with E-state index in [0.717, 1.165) is 11.8 Å². The zero-order valence-corrected chi connectivity index (χ0v) is 7.16. The lowest BCUT2D eigenvalue weighted by Gasteiger charge is -2.05. The molecule has 0 aromatic rings. The van der Waals surface area contributed by atoms with Crippen LogP contribution in [-0.2, 0) is 0 Å². The van der Waals surface area contributed by atoms with Gasteiger partial charge in [-0.2, -0.15) is 0 Å². The van der Waals surface area contributed by atoms with Crippen molar-refractivity contribution in [2.24, 2.45) is 11.8 Å². The molecule has 2 N–H and O–H groups in total. The third-order valence-corrected chi connectivity index (χ3v) is 2.62. The highest BCUT2D eigenvalue weighted by Crippen LogP contribution is 2.42. The highest BCUT2D eigenvalue weighted by molar-refractivity contribution is 5.53. The van der Waals surface area contributed by atoms with Crippen molar-refractivity contribution in [2.75, 3.05) is 0 Å². The number of hydrogen-bond donors (Lipinski definition) is 2. The summed E-state index contributed by atoms with van der Waals surface area (Å²) in [7, 11) is 0. The van der Waals surface area contributed by atoms with Crippen molar-refractivity contribution >= 4 is 6.16 Å². The van der Waals surface area contributed by atoms with Gasteiger partial charge in [-0.05, 0) is 38.0 Å². The first-order valence-corrected chi connectivity index (χ1v) is 4.20. The summed E-state index contributed by atoms with van der Waals surface area (Å²) in [4.78, 5) is 8.56. The first kappa shape index (κ1) is 9.10. The van der Waals surface area contributed by atoms with Crippen LogP contribution in [-0.4, -0.2) is 16.4 Å². The summed E-state index contributed by atoms with van der Waals surface area (Å²) >= 11 is 0. The predicted molar refractivity (Wildman–Crippen MR) is 45.2 cm³/mol. The second kappa shape index (κ2) is 3.61. The molecule has 3 nitrogen and oxygen atoms in total. The molecule has 68 valence electrons. The van der Waals surface area contributed by atoms with E-state index >= 15 is 0 Å². The fourth-order valence-electron chi connectivity index (χ4n) is 2.09. The molecule has 1 fully saturated rings. The Bertz CT molecular complexity index is 204. The molecule has 0 amide bonds. The van der Waals surface area contributed by atoms with Gasteiger partial charge in [0.05, 0.1) is 0 Å². The number of hydrogen-bond acceptors (Lipinski definition) is 1. The van der Waals surface area contributed by atoms with Gasteiger partial charge in [0.1, 0.15) is 0 Å². The second-order valence-corrected chi connectivity index (χ2v) is 3.46. The Kier molecular flexibility index (Phi) is 2.74. The monoisotopic (exact) mass is 170 g/mol. The van der Waals surface area contributed by atoms with Gasteiger partial charge in [0.2, 0.25) is 0 Å². The Labute approximate surface area is 71.7 Å². The number of carbonyl (C=O) groups is 1. The van der Waals surface area contributed by atoms with Crippen LogP contribution in [0.3, 0.4) is 0 Å². The van der Waals surface area contributed by atoms with Crippen molar-refractivity contribution < 1.29 is 15.0 Å². The van der Waals surface area contributed by atoms with Gasteiger partial charge >= 0.3 is 6.16 Å². The van der Waals surface area contributed by atoms with Crippen LogP contribution in [0.15, 0.2) is 11.6 Å². The highest BCUT2D eigenvalue weighted by atomic mass is 16.6. The summed E-state index contributed by atoms with van der Waals surface area (Å²) in [6, 6.07) is 0. The minimum atomic E-state index is -1.83. The van der Waals surface area contributed by atoms with Gasteiger partial charge in [0.15, 0.2) is 0 Å². The number of rotatable bonds is 0. The molecule has 1 saturated carbocycles. The van der Waals surface area contributed by atoms with Gasteiger partial charge in [0.25, 0.3) is 0 Å². The van der Waals surface area contributed by atoms with Crippen LogP contribution in [0, 0.1) is 11.8 Å². The largest absolute Gasteiger partial charge is 0.503 e. The molecule has 0 aromatic carbocycles. The number of carboxylic acid groups (broad SMARTS) is 2. The topological polar surface area (TPSA) is 57.5 Å². The summed E-state index contributed by atoms with van der Waals surface area (Å²) in [5, 5.41) is 13.9. The quantitative estimate of drug-likeness (QED) is 0.549. The zero-order valence-electron chi connectivity index (χ0n) is 7.16. The molecule has 0 aliphatic heterocycles. The van der Waals surface area contributed by atoms with E-state index in [2.05, 4.69) is 13.0 Å². The molecule has 2 rings (SSSR count). The van der Waals surface area contributed by atoms with E-state index in [0.29, 0.717) is 0 Å². The van der Waals surface area contributed by atoms with Crippen LogP contribution in [0.4, 0.5) is 4.79 Å². The van der Waals surface area contributed by atoms with Crippen molar-refractivity contribution in [3.63, 3.8) is 0 Å². The van der Waals surface area contributed by atoms with E-state index < -0.39 is 6.16 Å². The van der Waals surface area contributed by atoms with Crippen LogP contribution in [0.5, 0.6) is 0 Å². The van der Waals surface area contributed by atoms with Gasteiger partial charge in [-0.25, -0.2) is 4.79 Å². The first-order chi connectivity index (χ1) is 5.59. The molecular weight excluding hydrogens is 156 g/mol. The Morgan fingerprint density at radius 1 is 1.50 bits per heavy atom. The van der Waals surface area contributed by atoms with Gasteiger partial charge in [0, 0.05) is 0 Å². The normalized spacial score (nSPS) is 30.6. The average molecular weight is 170 g/mol. The Hall–Kier alpha value is -0.990. The third-order valence-electron chi connectivity index (χ3n) is 2.62. The molecule has 12 heavy (non-hydrogen) atoms. The molecule has 3 heteroatoms. The van der Waals surface area contributed by atoms with Crippen LogP contribution in [0.1, 0.15) is 26.2 Å². The molecule has 0 aromatic heterocycles. The lowest BCUT2D eigenvalue weighted by atomic mass is 10.0. The van der Waals surface area contributed by atoms with Crippen molar-refractivity contribution in [1.29, 1.82) is 0 Å². The van der Waals surface area contributed by atoms with Crippen molar-refractivity contribution in [2.45, 2.75) is 26.2 Å². The minimum Gasteiger partial charge on any atom is -0.450 e. The summed E-state index contributed by atoms with van der Waals surface area (Å²) in [6.45, 7) is 2.28. The number of fused-ring (bicyclic) bond motifs is 2. The van der Waals surface area contributed by atoms with Crippen LogP contribution in [0.2, 0.25) is 0 Å². The van der Waals surface area contributed by atoms with Gasteiger partial charge in [-0.1, -0.05) is 11.6 Å². The first-order valence-electron chi connectivity index (χ1n) is 4.20. The lowest BCUT2D eigenvalue weighted by Crippen LogP contribution is -1.91. The average Bonchev–Trinajstić information content (AvgIpc) is 2.44. The Morgan fingerprint density at radius 2 is 2.08 bits per heavy atom. The fourth-order valence-corrected chi connectivity index (χ4v) is 2.09. The van der Waals surface area contributed by atoms with E-state index in [1.165, 1.54) is 19.3 Å². The van der Waals surface area contributed by atoms with E-state index in [1.54, 1.807) is 5.57 Å². The molecule has 2 aliphatic carbocycles. The Balaban J connectivity index is 0.000000157. The molecule has 2 unspecified atom stereocenters. The van der Waals surface area contributed by atoms with E-state index in [1.807, 2.05) is 0 Å². The third kappa shape index (κ3) is 2.26. The second-order valence-electron chi connectivity index (χ2n) is 3.46. The number of allylic oxidation sites excluding steroid dienone is 2. The van der Waals surface area contributed by atoms with Crippen molar-refractivity contribution in [3.05, 3.63) is 11.6 Å². The van der Waals surface area contributed by atoms with Crippen LogP contribution >= 0.6 is 0 Å². The van der Waals surface area contributed by atoms with E-state index in [-0.39, 0.29) is 0 Å². The summed E-state index contributed by atoms with van der Waals surface area (Å²) in [5.74, 6) is 1.99. The van der Waals surface area contributed by atoms with Crippen LogP contribution < -0.4 is 0 Å². The van der Waals surface area contributed by atoms with Crippen LogP contribution in [0.25, 0.3) is 0 Å². The fraction of sp³-hybridized carbons (Fsp3) is 0.667. The molecule has 2 aliphatic rings. The summed E-state index contributed by atoms with van der Waals surface area (Å²) < 4.78 is 0. The van der Waals surface area contributed by atoms with E-state index in [4.69, 9.17) is 15.0 Å². The summed E-state index contributed by atoms with van der Waals surface area (Å²) in [6.07, 6.45) is 5.06. The SMILES string of the molecule is CC1=CC2CCC1C2.O=C(O)O. The molecule has 2 atom stereocenters. The van der Waals surface area contributed by atoms with Crippen molar-refractivity contribution in [1.82, 2.24) is 0 Å². The van der Waals surface area contributed by atoms with E-state index in [9.17, 15) is 0 Å². The molecule has 0 radical (unpaired) electrons. The summed E-state index contributed by atoms with van der Waals surface area (Å²) in [5.41, 5.74) is 1.67. The molecular formula is C9H14O3. The lowest BCUT2D eigenvalue weighted by molar-refractivity contribution is 0.137. The molecule has 2 bridgehead atoms.